The largest absolute Gasteiger partial charge is 0.506 e. The van der Waals surface area contributed by atoms with Crippen LogP contribution in [0.2, 0.25) is 5.02 Å². The lowest BCUT2D eigenvalue weighted by molar-refractivity contribution is -0.138. The summed E-state index contributed by atoms with van der Waals surface area (Å²) in [4.78, 5) is 32.9. The first-order valence-corrected chi connectivity index (χ1v) is 14.7. The second-order valence-electron chi connectivity index (χ2n) is 9.58. The molecule has 204 valence electrons. The summed E-state index contributed by atoms with van der Waals surface area (Å²) >= 11 is 10.8. The molecule has 1 N–H and O–H groups in total. The van der Waals surface area contributed by atoms with Gasteiger partial charge in [-0.25, -0.2) is 9.79 Å². The molecule has 4 aromatic rings. The first kappa shape index (κ1) is 28.1. The van der Waals surface area contributed by atoms with Gasteiger partial charge < -0.3 is 9.84 Å². The summed E-state index contributed by atoms with van der Waals surface area (Å²) in [5.41, 5.74) is 3.43. The van der Waals surface area contributed by atoms with E-state index in [9.17, 15) is 14.7 Å². The van der Waals surface area contributed by atoms with E-state index < -0.39 is 12.0 Å². The zero-order chi connectivity index (χ0) is 28.6. The number of thiazole rings is 1. The third kappa shape index (κ3) is 5.31. The van der Waals surface area contributed by atoms with Crippen molar-refractivity contribution < 1.29 is 14.6 Å². The summed E-state index contributed by atoms with van der Waals surface area (Å²) < 4.78 is 8.05. The van der Waals surface area contributed by atoms with Gasteiger partial charge in [0.05, 0.1) is 33.5 Å². The number of nitrogens with zero attached hydrogens (tertiary/aromatic N) is 2. The maximum absolute atomic E-state index is 14.0. The molecule has 0 radical (unpaired) electrons. The quantitative estimate of drug-likeness (QED) is 0.256. The van der Waals surface area contributed by atoms with E-state index in [1.54, 1.807) is 25.1 Å². The van der Waals surface area contributed by atoms with Gasteiger partial charge >= 0.3 is 5.97 Å². The number of hydrogen-bond donors (Lipinski definition) is 1. The molecule has 0 bridgehead atoms. The molecule has 40 heavy (non-hydrogen) atoms. The van der Waals surface area contributed by atoms with Crippen LogP contribution in [0.25, 0.3) is 11.8 Å². The molecule has 0 spiro atoms. The zero-order valence-electron chi connectivity index (χ0n) is 22.0. The average Bonchev–Trinajstić information content (AvgIpc) is 3.25. The van der Waals surface area contributed by atoms with Gasteiger partial charge in [0.25, 0.3) is 5.56 Å². The predicted molar refractivity (Wildman–Crippen MR) is 162 cm³/mol. The number of ether oxygens (including phenoxy) is 1. The lowest BCUT2D eigenvalue weighted by Crippen LogP contribution is -2.40. The summed E-state index contributed by atoms with van der Waals surface area (Å²) in [6.45, 7) is 6.15. The standard InChI is InChI=1S/C31H26BrClN2O4S/c1-4-39-30(38)25-26(19-8-6-5-7-9-19)34-31-35(27(25)20-12-10-18(11-13-20)17(2)3)29(37)24(40-31)15-21-14-22(32)16-23(33)28(21)36/h5-17,27,36H,4H2,1-3H3/b24-15-/t27-/m0/s1. The number of rotatable bonds is 6. The maximum Gasteiger partial charge on any atom is 0.338 e. The van der Waals surface area contributed by atoms with E-state index in [4.69, 9.17) is 21.3 Å². The highest BCUT2D eigenvalue weighted by Crippen LogP contribution is 2.36. The van der Waals surface area contributed by atoms with Crippen molar-refractivity contribution in [2.75, 3.05) is 6.61 Å². The highest BCUT2D eigenvalue weighted by molar-refractivity contribution is 9.10. The van der Waals surface area contributed by atoms with Gasteiger partial charge in [-0.15, -0.1) is 0 Å². The fourth-order valence-electron chi connectivity index (χ4n) is 4.66. The zero-order valence-corrected chi connectivity index (χ0v) is 25.2. The van der Waals surface area contributed by atoms with Crippen molar-refractivity contribution >= 4 is 56.6 Å². The summed E-state index contributed by atoms with van der Waals surface area (Å²) in [5.74, 6) is -0.344. The van der Waals surface area contributed by atoms with Gasteiger partial charge in [-0.05, 0) is 42.2 Å². The van der Waals surface area contributed by atoms with Gasteiger partial charge in [-0.3, -0.25) is 9.36 Å². The number of aromatic hydroxyl groups is 1. The summed E-state index contributed by atoms with van der Waals surface area (Å²) in [6.07, 6.45) is 1.59. The van der Waals surface area contributed by atoms with Gasteiger partial charge in [-0.2, -0.15) is 0 Å². The number of phenols is 1. The third-order valence-corrected chi connectivity index (χ3v) is 8.37. The van der Waals surface area contributed by atoms with Crippen LogP contribution in [0.3, 0.4) is 0 Å². The summed E-state index contributed by atoms with van der Waals surface area (Å²) in [5, 5.41) is 10.7. The third-order valence-electron chi connectivity index (χ3n) is 6.64. The van der Waals surface area contributed by atoms with Crippen molar-refractivity contribution in [1.29, 1.82) is 0 Å². The minimum atomic E-state index is -0.770. The van der Waals surface area contributed by atoms with Crippen LogP contribution in [0.1, 0.15) is 55.0 Å². The lowest BCUT2D eigenvalue weighted by Gasteiger charge is -2.26. The van der Waals surface area contributed by atoms with E-state index in [1.807, 2.05) is 54.6 Å². The van der Waals surface area contributed by atoms with Crippen molar-refractivity contribution in [3.63, 3.8) is 0 Å². The van der Waals surface area contributed by atoms with Crippen molar-refractivity contribution in [2.24, 2.45) is 4.99 Å². The van der Waals surface area contributed by atoms with E-state index in [0.29, 0.717) is 31.0 Å². The number of carbonyl (C=O) groups is 1. The molecule has 5 rings (SSSR count). The number of halogens is 2. The van der Waals surface area contributed by atoms with Crippen LogP contribution in [0, 0.1) is 0 Å². The Hall–Kier alpha value is -3.46. The molecule has 0 fully saturated rings. The van der Waals surface area contributed by atoms with Gasteiger partial charge in [-0.1, -0.05) is 107 Å². The second kappa shape index (κ2) is 11.6. The number of carbonyl (C=O) groups excluding carboxylic acids is 1. The SMILES string of the molecule is CCOC(=O)C1=C(c2ccccc2)N=c2s/c(=C\c3cc(Br)cc(Cl)c3O)c(=O)n2[C@H]1c1ccc(C(C)C)cc1. The van der Waals surface area contributed by atoms with Crippen LogP contribution in [0.5, 0.6) is 5.75 Å². The van der Waals surface area contributed by atoms with Crippen LogP contribution in [-0.4, -0.2) is 22.2 Å². The second-order valence-corrected chi connectivity index (χ2v) is 11.9. The molecule has 1 aromatic heterocycles. The van der Waals surface area contributed by atoms with Gasteiger partial charge in [0, 0.05) is 15.6 Å². The fourth-order valence-corrected chi connectivity index (χ4v) is 6.48. The molecular formula is C31H26BrClN2O4S. The number of hydrogen-bond acceptors (Lipinski definition) is 6. The Labute approximate surface area is 248 Å². The molecule has 1 aliphatic heterocycles. The minimum Gasteiger partial charge on any atom is -0.506 e. The van der Waals surface area contributed by atoms with E-state index in [0.717, 1.165) is 16.7 Å². The Morgan fingerprint density at radius 3 is 2.52 bits per heavy atom. The number of phenolic OH excluding ortho intramolecular Hbond substituents is 1. The highest BCUT2D eigenvalue weighted by Gasteiger charge is 2.35. The van der Waals surface area contributed by atoms with Crippen molar-refractivity contribution in [3.8, 4) is 5.75 Å². The van der Waals surface area contributed by atoms with Gasteiger partial charge in [0.2, 0.25) is 0 Å². The van der Waals surface area contributed by atoms with Crippen molar-refractivity contribution in [3.05, 3.63) is 124 Å². The lowest BCUT2D eigenvalue weighted by atomic mass is 9.91. The molecular weight excluding hydrogens is 612 g/mol. The molecule has 6 nitrogen and oxygen atoms in total. The van der Waals surface area contributed by atoms with Crippen LogP contribution in [0.15, 0.2) is 86.6 Å². The molecule has 0 unspecified atom stereocenters. The molecule has 0 saturated carbocycles. The average molecular weight is 638 g/mol. The monoisotopic (exact) mass is 636 g/mol. The smallest absolute Gasteiger partial charge is 0.338 e. The van der Waals surface area contributed by atoms with Gasteiger partial charge in [0.15, 0.2) is 4.80 Å². The molecule has 1 atom stereocenters. The minimum absolute atomic E-state index is 0.131. The first-order chi connectivity index (χ1) is 19.2. The van der Waals surface area contributed by atoms with E-state index in [-0.39, 0.29) is 28.5 Å². The number of esters is 1. The number of aromatic nitrogens is 1. The van der Waals surface area contributed by atoms with Crippen LogP contribution in [-0.2, 0) is 9.53 Å². The fraction of sp³-hybridized carbons (Fsp3) is 0.194. The number of benzene rings is 3. The normalized spacial score (nSPS) is 15.2. The molecule has 2 heterocycles. The van der Waals surface area contributed by atoms with E-state index in [2.05, 4.69) is 29.8 Å². The topological polar surface area (TPSA) is 80.9 Å². The maximum atomic E-state index is 14.0. The van der Waals surface area contributed by atoms with Crippen LogP contribution in [0.4, 0.5) is 0 Å². The molecule has 9 heteroatoms. The first-order valence-electron chi connectivity index (χ1n) is 12.8. The Bertz CT molecular complexity index is 1810. The molecule has 0 saturated heterocycles. The van der Waals surface area contributed by atoms with Crippen molar-refractivity contribution in [1.82, 2.24) is 4.57 Å². The number of fused-ring (bicyclic) bond motifs is 1. The van der Waals surface area contributed by atoms with Gasteiger partial charge in [0.1, 0.15) is 5.75 Å². The van der Waals surface area contributed by atoms with E-state index in [1.165, 1.54) is 15.9 Å². The Morgan fingerprint density at radius 2 is 1.88 bits per heavy atom. The summed E-state index contributed by atoms with van der Waals surface area (Å²) in [6, 6.07) is 19.8. The van der Waals surface area contributed by atoms with Crippen molar-refractivity contribution in [2.45, 2.75) is 32.7 Å². The molecule has 0 amide bonds. The van der Waals surface area contributed by atoms with Crippen LogP contribution < -0.4 is 14.9 Å². The Balaban J connectivity index is 1.83. The highest BCUT2D eigenvalue weighted by atomic mass is 79.9. The molecule has 1 aliphatic rings. The Morgan fingerprint density at radius 1 is 1.18 bits per heavy atom. The Kier molecular flexibility index (Phi) is 8.12. The van der Waals surface area contributed by atoms with Crippen LogP contribution >= 0.6 is 38.9 Å². The molecule has 0 aliphatic carbocycles. The predicted octanol–water partition coefficient (Wildman–Crippen LogP) is 6.18. The summed E-state index contributed by atoms with van der Waals surface area (Å²) in [7, 11) is 0. The van der Waals surface area contributed by atoms with E-state index >= 15 is 0 Å². The molecule has 3 aromatic carbocycles.